The number of hydrogen-bond donors (Lipinski definition) is 1. The Morgan fingerprint density at radius 3 is 3.00 bits per heavy atom. The van der Waals surface area contributed by atoms with Gasteiger partial charge in [0.2, 0.25) is 5.91 Å². The van der Waals surface area contributed by atoms with Crippen molar-refractivity contribution in [2.24, 2.45) is 0 Å². The third-order valence-corrected chi connectivity index (χ3v) is 4.98. The van der Waals surface area contributed by atoms with Gasteiger partial charge >= 0.3 is 0 Å². The van der Waals surface area contributed by atoms with Crippen LogP contribution in [0.3, 0.4) is 0 Å². The van der Waals surface area contributed by atoms with Gasteiger partial charge in [-0.05, 0) is 25.8 Å². The van der Waals surface area contributed by atoms with Gasteiger partial charge in [-0.25, -0.2) is 9.97 Å². The van der Waals surface area contributed by atoms with Crippen molar-refractivity contribution in [1.29, 1.82) is 0 Å². The van der Waals surface area contributed by atoms with E-state index in [1.165, 1.54) is 0 Å². The Balaban J connectivity index is 1.44. The summed E-state index contributed by atoms with van der Waals surface area (Å²) in [6.07, 6.45) is 5.96. The van der Waals surface area contributed by atoms with E-state index in [-0.39, 0.29) is 12.5 Å². The van der Waals surface area contributed by atoms with Gasteiger partial charge in [0.1, 0.15) is 18.7 Å². The Kier molecular flexibility index (Phi) is 4.83. The fraction of sp³-hybridized carbons (Fsp3) is 0.556. The van der Waals surface area contributed by atoms with Crippen LogP contribution in [0.2, 0.25) is 0 Å². The van der Waals surface area contributed by atoms with Crippen molar-refractivity contribution in [2.75, 3.05) is 31.6 Å². The molecule has 8 heteroatoms. The first-order chi connectivity index (χ1) is 12.7. The molecule has 2 aromatic heterocycles. The van der Waals surface area contributed by atoms with Gasteiger partial charge in [0.15, 0.2) is 0 Å². The molecule has 4 rings (SSSR count). The molecule has 0 spiro atoms. The van der Waals surface area contributed by atoms with Crippen LogP contribution in [0.25, 0.3) is 0 Å². The maximum atomic E-state index is 12.6. The van der Waals surface area contributed by atoms with Crippen molar-refractivity contribution in [1.82, 2.24) is 24.6 Å². The van der Waals surface area contributed by atoms with Crippen LogP contribution in [0, 0.1) is 6.92 Å². The molecular formula is C18H24N6O2. The Morgan fingerprint density at radius 2 is 2.23 bits per heavy atom. The first-order valence-corrected chi connectivity index (χ1v) is 9.14. The summed E-state index contributed by atoms with van der Waals surface area (Å²) >= 11 is 0. The maximum absolute atomic E-state index is 12.6. The van der Waals surface area contributed by atoms with Gasteiger partial charge in [-0.3, -0.25) is 9.48 Å². The summed E-state index contributed by atoms with van der Waals surface area (Å²) in [5, 5.41) is 7.79. The highest BCUT2D eigenvalue weighted by Crippen LogP contribution is 2.22. The van der Waals surface area contributed by atoms with Crippen molar-refractivity contribution in [3.63, 3.8) is 0 Å². The normalized spacial score (nSPS) is 19.9. The average molecular weight is 356 g/mol. The van der Waals surface area contributed by atoms with E-state index < -0.39 is 0 Å². The van der Waals surface area contributed by atoms with Crippen LogP contribution in [0.15, 0.2) is 18.6 Å². The van der Waals surface area contributed by atoms with E-state index in [0.29, 0.717) is 25.7 Å². The number of ether oxygens (including phenoxy) is 1. The molecule has 1 amide bonds. The number of anilines is 1. The van der Waals surface area contributed by atoms with Gasteiger partial charge in [-0.1, -0.05) is 0 Å². The molecule has 1 fully saturated rings. The molecule has 26 heavy (non-hydrogen) atoms. The Hall–Kier alpha value is -2.48. The standard InChI is InChI=1S/C18H24N6O2/c1-13-2-8-24(22-13)10-17(25)23-6-3-15-16(4-7-23)19-12-20-18(15)21-14-5-9-26-11-14/h2,8,12,14H,3-7,9-11H2,1H3,(H,19,20,21). The van der Waals surface area contributed by atoms with Crippen molar-refractivity contribution in [2.45, 2.75) is 38.8 Å². The number of aromatic nitrogens is 4. The lowest BCUT2D eigenvalue weighted by atomic mass is 10.1. The molecule has 1 atom stereocenters. The van der Waals surface area contributed by atoms with E-state index in [9.17, 15) is 4.79 Å². The van der Waals surface area contributed by atoms with Crippen molar-refractivity contribution in [3.8, 4) is 0 Å². The van der Waals surface area contributed by atoms with E-state index in [2.05, 4.69) is 20.4 Å². The first kappa shape index (κ1) is 17.0. The highest BCUT2D eigenvalue weighted by atomic mass is 16.5. The van der Waals surface area contributed by atoms with Crippen molar-refractivity contribution < 1.29 is 9.53 Å². The molecule has 1 unspecified atom stereocenters. The molecule has 0 saturated carbocycles. The Morgan fingerprint density at radius 1 is 1.35 bits per heavy atom. The summed E-state index contributed by atoms with van der Waals surface area (Å²) in [7, 11) is 0. The smallest absolute Gasteiger partial charge is 0.244 e. The minimum atomic E-state index is 0.0903. The maximum Gasteiger partial charge on any atom is 0.244 e. The second-order valence-corrected chi connectivity index (χ2v) is 6.89. The van der Waals surface area contributed by atoms with Crippen LogP contribution < -0.4 is 5.32 Å². The van der Waals surface area contributed by atoms with E-state index in [0.717, 1.165) is 48.6 Å². The fourth-order valence-electron chi connectivity index (χ4n) is 3.53. The first-order valence-electron chi connectivity index (χ1n) is 9.14. The lowest BCUT2D eigenvalue weighted by molar-refractivity contribution is -0.131. The predicted molar refractivity (Wildman–Crippen MR) is 95.8 cm³/mol. The summed E-state index contributed by atoms with van der Waals surface area (Å²) in [5.41, 5.74) is 3.08. The summed E-state index contributed by atoms with van der Waals surface area (Å²) < 4.78 is 7.13. The molecule has 2 aliphatic heterocycles. The van der Waals surface area contributed by atoms with Crippen LogP contribution in [0.5, 0.6) is 0 Å². The lowest BCUT2D eigenvalue weighted by Gasteiger charge is -2.20. The number of nitrogens with zero attached hydrogens (tertiary/aromatic N) is 5. The lowest BCUT2D eigenvalue weighted by Crippen LogP contribution is -2.36. The molecule has 0 aliphatic carbocycles. The number of rotatable bonds is 4. The number of nitrogens with one attached hydrogen (secondary N) is 1. The van der Waals surface area contributed by atoms with Gasteiger partial charge in [-0.2, -0.15) is 5.10 Å². The summed E-state index contributed by atoms with van der Waals surface area (Å²) in [5.74, 6) is 0.982. The quantitative estimate of drug-likeness (QED) is 0.873. The van der Waals surface area contributed by atoms with Crippen LogP contribution in [-0.4, -0.2) is 62.9 Å². The minimum Gasteiger partial charge on any atom is -0.379 e. The molecule has 1 N–H and O–H groups in total. The molecular weight excluding hydrogens is 332 g/mol. The van der Waals surface area contributed by atoms with E-state index >= 15 is 0 Å². The van der Waals surface area contributed by atoms with Gasteiger partial charge < -0.3 is 15.0 Å². The third-order valence-electron chi connectivity index (χ3n) is 4.98. The number of fused-ring (bicyclic) bond motifs is 1. The highest BCUT2D eigenvalue weighted by molar-refractivity contribution is 5.76. The molecule has 1 saturated heterocycles. The van der Waals surface area contributed by atoms with Crippen LogP contribution in [0.4, 0.5) is 5.82 Å². The van der Waals surface area contributed by atoms with Gasteiger partial charge in [0.05, 0.1) is 24.0 Å². The van der Waals surface area contributed by atoms with Crippen molar-refractivity contribution >= 4 is 11.7 Å². The van der Waals surface area contributed by atoms with Crippen LogP contribution in [0.1, 0.15) is 23.4 Å². The fourth-order valence-corrected chi connectivity index (χ4v) is 3.53. The molecule has 2 aliphatic rings. The molecule has 0 bridgehead atoms. The van der Waals surface area contributed by atoms with E-state index in [1.807, 2.05) is 24.1 Å². The Labute approximate surface area is 152 Å². The average Bonchev–Trinajstić information content (AvgIpc) is 3.22. The zero-order valence-electron chi connectivity index (χ0n) is 15.0. The highest BCUT2D eigenvalue weighted by Gasteiger charge is 2.24. The number of amides is 1. The molecule has 2 aromatic rings. The zero-order chi connectivity index (χ0) is 17.9. The molecule has 138 valence electrons. The predicted octanol–water partition coefficient (Wildman–Crippen LogP) is 0.810. The monoisotopic (exact) mass is 356 g/mol. The van der Waals surface area contributed by atoms with Crippen LogP contribution in [-0.2, 0) is 28.9 Å². The molecule has 8 nitrogen and oxygen atoms in total. The SMILES string of the molecule is Cc1ccn(CC(=O)N2CCc3ncnc(NC4CCOC4)c3CC2)n1. The van der Waals surface area contributed by atoms with Gasteiger partial charge in [0, 0.05) is 37.9 Å². The Bertz CT molecular complexity index is 784. The summed E-state index contributed by atoms with van der Waals surface area (Å²) in [4.78, 5) is 23.4. The molecule has 0 radical (unpaired) electrons. The largest absolute Gasteiger partial charge is 0.379 e. The number of carbonyl (C=O) groups excluding carboxylic acids is 1. The molecule has 0 aromatic carbocycles. The van der Waals surface area contributed by atoms with Gasteiger partial charge in [0.25, 0.3) is 0 Å². The number of hydrogen-bond acceptors (Lipinski definition) is 6. The van der Waals surface area contributed by atoms with E-state index in [1.54, 1.807) is 11.0 Å². The molecule has 4 heterocycles. The zero-order valence-corrected chi connectivity index (χ0v) is 15.0. The van der Waals surface area contributed by atoms with E-state index in [4.69, 9.17) is 4.74 Å². The summed E-state index contributed by atoms with van der Waals surface area (Å²) in [6, 6.07) is 2.21. The van der Waals surface area contributed by atoms with Gasteiger partial charge in [-0.15, -0.1) is 0 Å². The second kappa shape index (κ2) is 7.41. The second-order valence-electron chi connectivity index (χ2n) is 6.89. The number of aryl methyl sites for hydroxylation is 1. The summed E-state index contributed by atoms with van der Waals surface area (Å²) in [6.45, 7) is 5.06. The van der Waals surface area contributed by atoms with Crippen molar-refractivity contribution in [3.05, 3.63) is 35.5 Å². The van der Waals surface area contributed by atoms with Crippen LogP contribution >= 0.6 is 0 Å². The third kappa shape index (κ3) is 3.70. The number of carbonyl (C=O) groups is 1. The topological polar surface area (TPSA) is 85.2 Å². The minimum absolute atomic E-state index is 0.0903.